The van der Waals surface area contributed by atoms with Crippen LogP contribution in [0.15, 0.2) is 29.3 Å². The first-order valence-corrected chi connectivity index (χ1v) is 6.41. The molecule has 1 heterocycles. The van der Waals surface area contributed by atoms with Crippen LogP contribution < -0.4 is 0 Å². The van der Waals surface area contributed by atoms with Gasteiger partial charge in [0.1, 0.15) is 5.04 Å². The quantitative estimate of drug-likeness (QED) is 0.774. The highest BCUT2D eigenvalue weighted by molar-refractivity contribution is 8.15. The van der Waals surface area contributed by atoms with E-state index in [9.17, 15) is 22.0 Å². The summed E-state index contributed by atoms with van der Waals surface area (Å²) in [5.74, 6) is 0. The number of hydrogen-bond donors (Lipinski definition) is 0. The fraction of sp³-hybridized carbons (Fsp3) is 0.417. The predicted octanol–water partition coefficient (Wildman–Crippen LogP) is 3.68. The van der Waals surface area contributed by atoms with Gasteiger partial charge in [0, 0.05) is 5.56 Å². The van der Waals surface area contributed by atoms with E-state index in [0.29, 0.717) is 0 Å². The maximum Gasteiger partial charge on any atom is 0.416 e. The molecule has 110 valence electrons. The molecule has 0 N–H and O–H groups in total. The third kappa shape index (κ3) is 2.95. The molecule has 1 unspecified atom stereocenters. The zero-order valence-electron chi connectivity index (χ0n) is 10.6. The molecule has 0 aromatic heterocycles. The van der Waals surface area contributed by atoms with E-state index in [2.05, 4.69) is 4.99 Å². The Kier molecular flexibility index (Phi) is 3.81. The van der Waals surface area contributed by atoms with Gasteiger partial charge < -0.3 is 0 Å². The van der Waals surface area contributed by atoms with Crippen LogP contribution in [0.5, 0.6) is 0 Å². The molecule has 1 aromatic carbocycles. The Labute approximate surface area is 116 Å². The predicted molar refractivity (Wildman–Crippen MR) is 68.0 cm³/mol. The molecule has 0 amide bonds. The zero-order valence-corrected chi connectivity index (χ0v) is 11.4. The van der Waals surface area contributed by atoms with Crippen molar-refractivity contribution in [3.05, 3.63) is 35.4 Å². The second-order valence-corrected chi connectivity index (χ2v) is 5.65. The maximum atomic E-state index is 13.7. The lowest BCUT2D eigenvalue weighted by Crippen LogP contribution is -2.37. The highest BCUT2D eigenvalue weighted by Gasteiger charge is 2.48. The van der Waals surface area contributed by atoms with Gasteiger partial charge in [-0.3, -0.25) is 9.89 Å². The van der Waals surface area contributed by atoms with E-state index < -0.39 is 23.2 Å². The third-order valence-electron chi connectivity index (χ3n) is 2.72. The van der Waals surface area contributed by atoms with Crippen molar-refractivity contribution in [2.45, 2.75) is 17.6 Å². The fourth-order valence-corrected chi connectivity index (χ4v) is 2.78. The van der Waals surface area contributed by atoms with Gasteiger partial charge in [0.15, 0.2) is 6.17 Å². The van der Waals surface area contributed by atoms with Crippen molar-refractivity contribution in [2.24, 2.45) is 4.99 Å². The molecular formula is C12H11F5N2S. The van der Waals surface area contributed by atoms with Gasteiger partial charge in [-0.2, -0.15) is 22.0 Å². The standard InChI is InChI=1S/C12H11F5N2S/c1-19(2)10-12(16,17)20-9(18-10)7-3-5-8(6-4-7)11(13,14)15/h3-6,10H,1-2H3. The molecular weight excluding hydrogens is 299 g/mol. The van der Waals surface area contributed by atoms with Gasteiger partial charge in [-0.15, -0.1) is 0 Å². The molecule has 1 aliphatic heterocycles. The van der Waals surface area contributed by atoms with Crippen LogP contribution in [0.1, 0.15) is 11.1 Å². The highest BCUT2D eigenvalue weighted by Crippen LogP contribution is 2.43. The number of hydrogen-bond acceptors (Lipinski definition) is 3. The number of benzene rings is 1. The number of rotatable bonds is 2. The Balaban J connectivity index is 2.27. The summed E-state index contributed by atoms with van der Waals surface area (Å²) in [4.78, 5) is 5.14. The van der Waals surface area contributed by atoms with E-state index in [1.807, 2.05) is 0 Å². The van der Waals surface area contributed by atoms with E-state index in [1.165, 1.54) is 19.0 Å². The highest BCUT2D eigenvalue weighted by atomic mass is 32.2. The molecule has 1 aromatic rings. The van der Waals surface area contributed by atoms with Crippen LogP contribution >= 0.6 is 11.8 Å². The number of halogens is 5. The molecule has 0 bridgehead atoms. The van der Waals surface area contributed by atoms with Crippen LogP contribution in [0.2, 0.25) is 0 Å². The molecule has 1 aliphatic rings. The summed E-state index contributed by atoms with van der Waals surface area (Å²) >= 11 is 0.264. The van der Waals surface area contributed by atoms with Crippen LogP contribution in [0.25, 0.3) is 0 Å². The van der Waals surface area contributed by atoms with Crippen molar-refractivity contribution in [1.29, 1.82) is 0 Å². The van der Waals surface area contributed by atoms with Gasteiger partial charge in [-0.05, 0) is 38.0 Å². The molecule has 1 atom stereocenters. The van der Waals surface area contributed by atoms with E-state index in [4.69, 9.17) is 0 Å². The molecule has 8 heteroatoms. The van der Waals surface area contributed by atoms with Crippen molar-refractivity contribution in [2.75, 3.05) is 14.1 Å². The van der Waals surface area contributed by atoms with Crippen LogP contribution in [-0.4, -0.2) is 35.5 Å². The lowest BCUT2D eigenvalue weighted by Gasteiger charge is -2.21. The minimum absolute atomic E-state index is 0.0439. The molecule has 2 rings (SSSR count). The lowest BCUT2D eigenvalue weighted by molar-refractivity contribution is -0.137. The number of aliphatic imine (C=N–C) groups is 1. The van der Waals surface area contributed by atoms with Gasteiger partial charge in [0.25, 0.3) is 0 Å². The van der Waals surface area contributed by atoms with E-state index in [1.54, 1.807) is 0 Å². The number of alkyl halides is 5. The summed E-state index contributed by atoms with van der Waals surface area (Å²) in [5.41, 5.74) is -0.562. The number of thioether (sulfide) groups is 1. The summed E-state index contributed by atoms with van der Waals surface area (Å²) in [7, 11) is 2.94. The van der Waals surface area contributed by atoms with Gasteiger partial charge >= 0.3 is 11.4 Å². The maximum absolute atomic E-state index is 13.7. The van der Waals surface area contributed by atoms with Crippen molar-refractivity contribution in [3.63, 3.8) is 0 Å². The summed E-state index contributed by atoms with van der Waals surface area (Å²) in [6.45, 7) is 0. The molecule has 0 aliphatic carbocycles. The topological polar surface area (TPSA) is 15.6 Å². The Morgan fingerprint density at radius 2 is 1.70 bits per heavy atom. The molecule has 2 nitrogen and oxygen atoms in total. The van der Waals surface area contributed by atoms with Crippen molar-refractivity contribution in [1.82, 2.24) is 4.90 Å². The average Bonchev–Trinajstić information content (AvgIpc) is 2.64. The summed E-state index contributed by atoms with van der Waals surface area (Å²) in [5, 5.41) is -3.05. The monoisotopic (exact) mass is 310 g/mol. The van der Waals surface area contributed by atoms with Gasteiger partial charge in [0.05, 0.1) is 5.56 Å². The molecule has 20 heavy (non-hydrogen) atoms. The second-order valence-electron chi connectivity index (χ2n) is 4.51. The third-order valence-corrected chi connectivity index (χ3v) is 3.74. The first-order chi connectivity index (χ1) is 9.11. The van der Waals surface area contributed by atoms with Crippen molar-refractivity contribution < 1.29 is 22.0 Å². The minimum atomic E-state index is -4.45. The SMILES string of the molecule is CN(C)C1N=C(c2ccc(C(F)(F)F)cc2)SC1(F)F. The largest absolute Gasteiger partial charge is 0.416 e. The Hall–Kier alpha value is -1.15. The van der Waals surface area contributed by atoms with Crippen molar-refractivity contribution in [3.8, 4) is 0 Å². The van der Waals surface area contributed by atoms with Crippen LogP contribution in [0, 0.1) is 0 Å². The first-order valence-electron chi connectivity index (χ1n) is 5.60. The van der Waals surface area contributed by atoms with Crippen LogP contribution in [0.4, 0.5) is 22.0 Å². The van der Waals surface area contributed by atoms with Crippen molar-refractivity contribution >= 4 is 16.8 Å². The van der Waals surface area contributed by atoms with Crippen LogP contribution in [0.3, 0.4) is 0 Å². The Morgan fingerprint density at radius 1 is 1.15 bits per heavy atom. The second kappa shape index (κ2) is 5.00. The number of nitrogens with zero attached hydrogens (tertiary/aromatic N) is 2. The minimum Gasteiger partial charge on any atom is -0.282 e. The van der Waals surface area contributed by atoms with E-state index in [0.717, 1.165) is 24.3 Å². The lowest BCUT2D eigenvalue weighted by atomic mass is 10.1. The van der Waals surface area contributed by atoms with Gasteiger partial charge in [-0.1, -0.05) is 12.1 Å². The van der Waals surface area contributed by atoms with Crippen LogP contribution in [-0.2, 0) is 6.18 Å². The summed E-state index contributed by atoms with van der Waals surface area (Å²) in [6.07, 6.45) is -5.76. The first kappa shape index (κ1) is 15.2. The summed E-state index contributed by atoms with van der Waals surface area (Å²) < 4.78 is 64.7. The van der Waals surface area contributed by atoms with E-state index in [-0.39, 0.29) is 22.4 Å². The zero-order chi connectivity index (χ0) is 15.1. The molecule has 0 radical (unpaired) electrons. The molecule has 0 fully saturated rings. The van der Waals surface area contributed by atoms with Gasteiger partial charge in [0.2, 0.25) is 0 Å². The molecule has 0 saturated carbocycles. The molecule has 0 saturated heterocycles. The van der Waals surface area contributed by atoms with E-state index >= 15 is 0 Å². The summed E-state index contributed by atoms with van der Waals surface area (Å²) in [6, 6.07) is 4.03. The van der Waals surface area contributed by atoms with Gasteiger partial charge in [-0.25, -0.2) is 0 Å². The normalized spacial score (nSPS) is 22.2. The smallest absolute Gasteiger partial charge is 0.282 e. The molecule has 0 spiro atoms. The Morgan fingerprint density at radius 3 is 2.10 bits per heavy atom. The average molecular weight is 310 g/mol. The fourth-order valence-electron chi connectivity index (χ4n) is 1.75. The Bertz CT molecular complexity index is 522.